The van der Waals surface area contributed by atoms with Crippen molar-refractivity contribution < 1.29 is 24.3 Å². The van der Waals surface area contributed by atoms with Crippen molar-refractivity contribution in [2.24, 2.45) is 11.1 Å². The second-order valence-electron chi connectivity index (χ2n) is 2.85. The Morgan fingerprint density at radius 2 is 2.00 bits per heavy atom. The minimum Gasteiger partial charge on any atom is -0.468 e. The number of oxime groups is 1. The van der Waals surface area contributed by atoms with E-state index >= 15 is 0 Å². The summed E-state index contributed by atoms with van der Waals surface area (Å²) in [6.45, 7) is 0. The summed E-state index contributed by atoms with van der Waals surface area (Å²) in [5.41, 5.74) is 0.238. The van der Waals surface area contributed by atoms with Crippen LogP contribution in [0.25, 0.3) is 0 Å². The molecule has 1 saturated heterocycles. The molecule has 0 aromatic rings. The highest BCUT2D eigenvalue weighted by Crippen LogP contribution is 2.32. The largest absolute Gasteiger partial charge is 0.468 e. The van der Waals surface area contributed by atoms with Crippen molar-refractivity contribution in [2.75, 3.05) is 20.0 Å². The van der Waals surface area contributed by atoms with Crippen LogP contribution in [0.3, 0.4) is 0 Å². The lowest BCUT2D eigenvalue weighted by Gasteiger charge is -2.13. The van der Waals surface area contributed by atoms with Crippen LogP contribution in [0.2, 0.25) is 0 Å². The normalized spacial score (nSPS) is 27.7. The fraction of sp³-hybridized carbons (Fsp3) is 0.625. The van der Waals surface area contributed by atoms with Gasteiger partial charge in [-0.1, -0.05) is 5.16 Å². The first-order chi connectivity index (χ1) is 7.15. The molecule has 1 aliphatic rings. The number of esters is 2. The van der Waals surface area contributed by atoms with Crippen LogP contribution in [0.4, 0.5) is 0 Å². The van der Waals surface area contributed by atoms with Gasteiger partial charge in [-0.15, -0.1) is 11.8 Å². The maximum absolute atomic E-state index is 11.4. The Labute approximate surface area is 90.6 Å². The molecule has 0 amide bonds. The maximum Gasteiger partial charge on any atom is 0.320 e. The monoisotopic (exact) mass is 233 g/mol. The van der Waals surface area contributed by atoms with Crippen molar-refractivity contribution in [1.29, 1.82) is 0 Å². The Morgan fingerprint density at radius 1 is 1.40 bits per heavy atom. The fourth-order valence-corrected chi connectivity index (χ4v) is 2.61. The van der Waals surface area contributed by atoms with Crippen molar-refractivity contribution in [1.82, 2.24) is 0 Å². The van der Waals surface area contributed by atoms with E-state index in [0.717, 1.165) is 0 Å². The lowest BCUT2D eigenvalue weighted by atomic mass is 10.0. The van der Waals surface area contributed by atoms with Crippen LogP contribution in [0.15, 0.2) is 5.16 Å². The highest BCUT2D eigenvalue weighted by Gasteiger charge is 2.45. The Bertz CT molecular complexity index is 303. The van der Waals surface area contributed by atoms with Gasteiger partial charge in [-0.2, -0.15) is 0 Å². The molecule has 84 valence electrons. The first kappa shape index (κ1) is 11.8. The zero-order chi connectivity index (χ0) is 11.4. The van der Waals surface area contributed by atoms with E-state index in [0.29, 0.717) is 5.75 Å². The van der Waals surface area contributed by atoms with Gasteiger partial charge in [-0.3, -0.25) is 9.59 Å². The first-order valence-electron chi connectivity index (χ1n) is 4.13. The molecule has 1 rings (SSSR count). The number of carbonyl (C=O) groups excluding carboxylic acids is 2. The number of hydrogen-bond acceptors (Lipinski definition) is 7. The van der Waals surface area contributed by atoms with Crippen molar-refractivity contribution in [3.8, 4) is 0 Å². The molecule has 0 saturated carbocycles. The van der Waals surface area contributed by atoms with Crippen LogP contribution in [0.5, 0.6) is 0 Å². The molecule has 0 radical (unpaired) electrons. The average molecular weight is 233 g/mol. The molecule has 15 heavy (non-hydrogen) atoms. The summed E-state index contributed by atoms with van der Waals surface area (Å²) in [4.78, 5) is 22.7. The molecule has 1 N–H and O–H groups in total. The lowest BCUT2D eigenvalue weighted by molar-refractivity contribution is -0.148. The second kappa shape index (κ2) is 5.01. The molecule has 0 aliphatic carbocycles. The molecule has 0 spiro atoms. The lowest BCUT2D eigenvalue weighted by Crippen LogP contribution is -2.34. The van der Waals surface area contributed by atoms with E-state index < -0.39 is 23.1 Å². The van der Waals surface area contributed by atoms with Gasteiger partial charge in [0.15, 0.2) is 0 Å². The van der Waals surface area contributed by atoms with Gasteiger partial charge in [0.2, 0.25) is 0 Å². The summed E-state index contributed by atoms with van der Waals surface area (Å²) in [6.07, 6.45) is 0. The molecule has 2 atom stereocenters. The van der Waals surface area contributed by atoms with Crippen LogP contribution in [-0.4, -0.2) is 48.1 Å². The van der Waals surface area contributed by atoms with Crippen molar-refractivity contribution >= 4 is 29.4 Å². The van der Waals surface area contributed by atoms with E-state index in [1.807, 2.05) is 0 Å². The van der Waals surface area contributed by atoms with E-state index in [2.05, 4.69) is 14.6 Å². The zero-order valence-corrected chi connectivity index (χ0v) is 9.11. The van der Waals surface area contributed by atoms with Gasteiger partial charge < -0.3 is 14.7 Å². The minimum atomic E-state index is -0.850. The summed E-state index contributed by atoms with van der Waals surface area (Å²) in [6, 6.07) is 0. The molecular weight excluding hydrogens is 222 g/mol. The molecule has 7 heteroatoms. The van der Waals surface area contributed by atoms with Gasteiger partial charge in [0.05, 0.1) is 19.9 Å². The van der Waals surface area contributed by atoms with Gasteiger partial charge in [0.1, 0.15) is 11.2 Å². The Morgan fingerprint density at radius 3 is 2.47 bits per heavy atom. The van der Waals surface area contributed by atoms with Crippen LogP contribution in [0.1, 0.15) is 0 Å². The number of carbonyl (C=O) groups is 2. The molecule has 0 bridgehead atoms. The Kier molecular flexibility index (Phi) is 3.96. The van der Waals surface area contributed by atoms with Crippen molar-refractivity contribution in [3.05, 3.63) is 0 Å². The number of ether oxygens (including phenoxy) is 2. The number of rotatable bonds is 2. The smallest absolute Gasteiger partial charge is 0.320 e. The van der Waals surface area contributed by atoms with Crippen LogP contribution in [0, 0.1) is 5.92 Å². The quantitative estimate of drug-likeness (QED) is 0.407. The molecule has 0 aromatic carbocycles. The third-order valence-electron chi connectivity index (χ3n) is 2.09. The third-order valence-corrected chi connectivity index (χ3v) is 3.38. The van der Waals surface area contributed by atoms with Gasteiger partial charge in [-0.25, -0.2) is 0 Å². The molecular formula is C8H11NO5S. The fourth-order valence-electron chi connectivity index (χ4n) is 1.33. The average Bonchev–Trinajstić information content (AvgIpc) is 2.70. The van der Waals surface area contributed by atoms with E-state index in [9.17, 15) is 9.59 Å². The molecule has 0 aromatic heterocycles. The van der Waals surface area contributed by atoms with E-state index in [4.69, 9.17) is 5.21 Å². The Balaban J connectivity index is 2.91. The molecule has 0 unspecified atom stereocenters. The Hall–Kier alpha value is -1.24. The van der Waals surface area contributed by atoms with Crippen LogP contribution < -0.4 is 0 Å². The maximum atomic E-state index is 11.4. The van der Waals surface area contributed by atoms with E-state index in [1.54, 1.807) is 0 Å². The standard InChI is InChI=1S/C8H11NO5S/c1-13-7(10)5-4(9-12)3-15-6(5)8(11)14-2/h5-6,12H,3H2,1-2H3/b9-4-/t5-,6+/m0/s1. The number of hydrogen-bond donors (Lipinski definition) is 1. The number of nitrogens with zero attached hydrogens (tertiary/aromatic N) is 1. The van der Waals surface area contributed by atoms with E-state index in [-0.39, 0.29) is 5.71 Å². The van der Waals surface area contributed by atoms with Crippen LogP contribution in [-0.2, 0) is 19.1 Å². The van der Waals surface area contributed by atoms with Gasteiger partial charge in [0.25, 0.3) is 0 Å². The summed E-state index contributed by atoms with van der Waals surface area (Å²) < 4.78 is 9.09. The van der Waals surface area contributed by atoms with E-state index in [1.165, 1.54) is 26.0 Å². The summed E-state index contributed by atoms with van der Waals surface area (Å²) in [5.74, 6) is -1.65. The second-order valence-corrected chi connectivity index (χ2v) is 3.98. The summed E-state index contributed by atoms with van der Waals surface area (Å²) in [7, 11) is 2.46. The molecule has 1 aliphatic heterocycles. The third kappa shape index (κ3) is 2.23. The summed E-state index contributed by atoms with van der Waals surface area (Å²) >= 11 is 1.19. The topological polar surface area (TPSA) is 85.2 Å². The minimum absolute atomic E-state index is 0.238. The predicted octanol–water partition coefficient (Wildman–Crippen LogP) is -0.106. The summed E-state index contributed by atoms with van der Waals surface area (Å²) in [5, 5.41) is 11.0. The van der Waals surface area contributed by atoms with Gasteiger partial charge in [-0.05, 0) is 0 Å². The number of methoxy groups -OCH3 is 2. The number of thioether (sulfide) groups is 1. The molecule has 1 fully saturated rings. The highest BCUT2D eigenvalue weighted by atomic mass is 32.2. The van der Waals surface area contributed by atoms with Crippen LogP contribution >= 0.6 is 11.8 Å². The molecule has 1 heterocycles. The van der Waals surface area contributed by atoms with Crippen molar-refractivity contribution in [2.45, 2.75) is 5.25 Å². The zero-order valence-electron chi connectivity index (χ0n) is 8.30. The highest BCUT2D eigenvalue weighted by molar-refractivity contribution is 8.01. The van der Waals surface area contributed by atoms with Gasteiger partial charge >= 0.3 is 11.9 Å². The molecule has 6 nitrogen and oxygen atoms in total. The van der Waals surface area contributed by atoms with Gasteiger partial charge in [0, 0.05) is 5.75 Å². The first-order valence-corrected chi connectivity index (χ1v) is 5.18. The predicted molar refractivity (Wildman–Crippen MR) is 53.0 cm³/mol. The SMILES string of the molecule is COC(=O)[C@@H]1SC/C(=N/O)[C@@H]1C(=O)OC. The van der Waals surface area contributed by atoms with Crippen molar-refractivity contribution in [3.63, 3.8) is 0 Å².